The zero-order valence-electron chi connectivity index (χ0n) is 13.3. The maximum Gasteiger partial charge on any atom is 0.340 e. The lowest BCUT2D eigenvalue weighted by atomic mass is 10.1. The lowest BCUT2D eigenvalue weighted by Crippen LogP contribution is -2.46. The van der Waals surface area contributed by atoms with Gasteiger partial charge in [0.1, 0.15) is 11.8 Å². The van der Waals surface area contributed by atoms with Crippen LogP contribution in [0, 0.1) is 0 Å². The summed E-state index contributed by atoms with van der Waals surface area (Å²) in [7, 11) is 0. The summed E-state index contributed by atoms with van der Waals surface area (Å²) < 4.78 is 10.6. The number of fused-ring (bicyclic) bond motifs is 1. The largest absolute Gasteiger partial charge is 0.467 e. The average molecular weight is 340 g/mol. The van der Waals surface area contributed by atoms with Gasteiger partial charge in [0.2, 0.25) is 18.0 Å². The maximum absolute atomic E-state index is 12.6. The normalized spacial score (nSPS) is 22.0. The molecule has 7 nitrogen and oxygen atoms in total. The van der Waals surface area contributed by atoms with Crippen molar-refractivity contribution >= 4 is 17.8 Å². The van der Waals surface area contributed by atoms with E-state index in [2.05, 4.69) is 5.32 Å². The highest BCUT2D eigenvalue weighted by atomic mass is 16.6. The van der Waals surface area contributed by atoms with Crippen LogP contribution < -0.4 is 5.32 Å². The number of esters is 1. The Labute approximate surface area is 143 Å². The molecule has 2 aliphatic rings. The Hall–Kier alpha value is -3.09. The fraction of sp³-hybridized carbons (Fsp3) is 0.278. The van der Waals surface area contributed by atoms with E-state index >= 15 is 0 Å². The fourth-order valence-corrected chi connectivity index (χ4v) is 3.29. The summed E-state index contributed by atoms with van der Waals surface area (Å²) >= 11 is 0. The van der Waals surface area contributed by atoms with E-state index in [1.165, 1.54) is 11.2 Å². The smallest absolute Gasteiger partial charge is 0.340 e. The number of carbonyl (C=O) groups excluding carboxylic acids is 3. The van der Waals surface area contributed by atoms with Gasteiger partial charge in [0.25, 0.3) is 0 Å². The van der Waals surface area contributed by atoms with Crippen LogP contribution in [0.2, 0.25) is 0 Å². The molecule has 2 aromatic rings. The van der Waals surface area contributed by atoms with Crippen LogP contribution in [-0.4, -0.2) is 28.7 Å². The molecule has 1 aromatic carbocycles. The van der Waals surface area contributed by atoms with Crippen LogP contribution in [0.4, 0.5) is 0 Å². The fourth-order valence-electron chi connectivity index (χ4n) is 3.29. The van der Waals surface area contributed by atoms with Gasteiger partial charge in [-0.05, 0) is 24.6 Å². The molecule has 128 valence electrons. The first-order chi connectivity index (χ1) is 12.1. The third-order valence-electron chi connectivity index (χ3n) is 4.49. The minimum Gasteiger partial charge on any atom is -0.467 e. The Morgan fingerprint density at radius 1 is 1.20 bits per heavy atom. The topological polar surface area (TPSA) is 88.8 Å². The molecule has 1 aromatic heterocycles. The second-order valence-electron chi connectivity index (χ2n) is 6.00. The van der Waals surface area contributed by atoms with Crippen molar-refractivity contribution in [3.8, 4) is 0 Å². The number of hydrogen-bond acceptors (Lipinski definition) is 5. The minimum atomic E-state index is -0.849. The number of carbonyl (C=O) groups is 3. The molecule has 4 rings (SSSR count). The van der Waals surface area contributed by atoms with Gasteiger partial charge in [0, 0.05) is 12.0 Å². The third kappa shape index (κ3) is 2.67. The summed E-state index contributed by atoms with van der Waals surface area (Å²) in [5.74, 6) is -0.341. The van der Waals surface area contributed by atoms with E-state index in [0.717, 1.165) is 0 Å². The number of cyclic esters (lactones) is 1. The molecule has 0 radical (unpaired) electrons. The molecule has 0 saturated carbocycles. The Balaban J connectivity index is 1.54. The molecule has 1 fully saturated rings. The molecule has 1 N–H and O–H groups in total. The molecule has 0 spiro atoms. The summed E-state index contributed by atoms with van der Waals surface area (Å²) in [4.78, 5) is 38.3. The van der Waals surface area contributed by atoms with Crippen LogP contribution in [0.1, 0.15) is 40.8 Å². The number of hydrogen-bond donors (Lipinski definition) is 1. The van der Waals surface area contributed by atoms with Crippen LogP contribution in [0.25, 0.3) is 0 Å². The highest BCUT2D eigenvalue weighted by molar-refractivity contribution is 5.96. The Kier molecular flexibility index (Phi) is 3.76. The second kappa shape index (κ2) is 6.08. The Morgan fingerprint density at radius 3 is 2.84 bits per heavy atom. The standard InChI is InChI=1S/C18H16N2O5/c21-15-8-7-14(16(22)19-10-11-4-3-9-24-11)20(15)17-12-5-1-2-6-13(12)18(23)25-17/h1-6,9,14,17H,7-8,10H2,(H,19,22)/t14-,17+/m0/s1. The summed E-state index contributed by atoms with van der Waals surface area (Å²) in [5, 5.41) is 2.77. The molecule has 0 aliphatic carbocycles. The highest BCUT2D eigenvalue weighted by Crippen LogP contribution is 2.38. The molecular weight excluding hydrogens is 324 g/mol. The number of rotatable bonds is 4. The molecule has 2 atom stereocenters. The van der Waals surface area contributed by atoms with Gasteiger partial charge < -0.3 is 14.5 Å². The van der Waals surface area contributed by atoms with Gasteiger partial charge in [-0.25, -0.2) is 4.79 Å². The van der Waals surface area contributed by atoms with Gasteiger partial charge in [-0.3, -0.25) is 14.5 Å². The van der Waals surface area contributed by atoms with E-state index in [0.29, 0.717) is 23.3 Å². The first-order valence-corrected chi connectivity index (χ1v) is 8.06. The summed E-state index contributed by atoms with van der Waals surface area (Å²) in [6, 6.07) is 9.74. The van der Waals surface area contributed by atoms with Crippen molar-refractivity contribution in [3.05, 3.63) is 59.5 Å². The predicted molar refractivity (Wildman–Crippen MR) is 85.0 cm³/mol. The number of nitrogens with one attached hydrogen (secondary N) is 1. The number of furan rings is 1. The number of amides is 2. The molecule has 3 heterocycles. The van der Waals surface area contributed by atoms with Crippen LogP contribution in [0.3, 0.4) is 0 Å². The Morgan fingerprint density at radius 2 is 2.04 bits per heavy atom. The molecule has 2 amide bonds. The van der Waals surface area contributed by atoms with E-state index in [1.807, 2.05) is 0 Å². The van der Waals surface area contributed by atoms with Crippen molar-refractivity contribution in [1.82, 2.24) is 10.2 Å². The van der Waals surface area contributed by atoms with Gasteiger partial charge in [0.15, 0.2) is 0 Å². The van der Waals surface area contributed by atoms with E-state index in [-0.39, 0.29) is 24.8 Å². The quantitative estimate of drug-likeness (QED) is 0.857. The van der Waals surface area contributed by atoms with E-state index < -0.39 is 18.2 Å². The highest BCUT2D eigenvalue weighted by Gasteiger charge is 2.46. The number of nitrogens with zero attached hydrogens (tertiary/aromatic N) is 1. The average Bonchev–Trinajstić information content (AvgIpc) is 3.33. The Bertz CT molecular complexity index is 830. The number of likely N-dealkylation sites (tertiary alicyclic amines) is 1. The van der Waals surface area contributed by atoms with Gasteiger partial charge in [0.05, 0.1) is 18.4 Å². The van der Waals surface area contributed by atoms with Crippen LogP contribution >= 0.6 is 0 Å². The van der Waals surface area contributed by atoms with E-state index in [4.69, 9.17) is 9.15 Å². The lowest BCUT2D eigenvalue weighted by molar-refractivity contribution is -0.145. The van der Waals surface area contributed by atoms with Crippen LogP contribution in [0.15, 0.2) is 47.1 Å². The zero-order chi connectivity index (χ0) is 17.4. The van der Waals surface area contributed by atoms with Gasteiger partial charge in [-0.1, -0.05) is 18.2 Å². The van der Waals surface area contributed by atoms with Gasteiger partial charge in [-0.15, -0.1) is 0 Å². The monoisotopic (exact) mass is 340 g/mol. The third-order valence-corrected chi connectivity index (χ3v) is 4.49. The SMILES string of the molecule is O=C1O[C@@H](N2C(=O)CC[C@H]2C(=O)NCc2ccco2)c2ccccc21. The van der Waals surface area contributed by atoms with Crippen LogP contribution in [0.5, 0.6) is 0 Å². The van der Waals surface area contributed by atoms with Crippen molar-refractivity contribution in [2.24, 2.45) is 0 Å². The molecular formula is C18H16N2O5. The predicted octanol–water partition coefficient (Wildman–Crippen LogP) is 1.76. The minimum absolute atomic E-state index is 0.201. The first kappa shape index (κ1) is 15.4. The number of ether oxygens (including phenoxy) is 1. The molecule has 2 aliphatic heterocycles. The molecule has 0 bridgehead atoms. The summed E-state index contributed by atoms with van der Waals surface area (Å²) in [6.45, 7) is 0.241. The van der Waals surface area contributed by atoms with Gasteiger partial charge >= 0.3 is 5.97 Å². The first-order valence-electron chi connectivity index (χ1n) is 8.06. The van der Waals surface area contributed by atoms with Crippen molar-refractivity contribution < 1.29 is 23.5 Å². The van der Waals surface area contributed by atoms with Gasteiger partial charge in [-0.2, -0.15) is 0 Å². The summed E-state index contributed by atoms with van der Waals surface area (Å²) in [6.07, 6.45) is 1.31. The second-order valence-corrected chi connectivity index (χ2v) is 6.00. The zero-order valence-corrected chi connectivity index (χ0v) is 13.3. The van der Waals surface area contributed by atoms with Crippen LogP contribution in [-0.2, 0) is 20.9 Å². The molecule has 7 heteroatoms. The molecule has 1 saturated heterocycles. The summed E-state index contributed by atoms with van der Waals surface area (Å²) in [5.41, 5.74) is 1.05. The maximum atomic E-state index is 12.6. The van der Waals surface area contributed by atoms with Crippen molar-refractivity contribution in [2.45, 2.75) is 31.7 Å². The number of benzene rings is 1. The van der Waals surface area contributed by atoms with Crippen molar-refractivity contribution in [2.75, 3.05) is 0 Å². The lowest BCUT2D eigenvalue weighted by Gasteiger charge is -2.29. The molecule has 25 heavy (non-hydrogen) atoms. The van der Waals surface area contributed by atoms with E-state index in [9.17, 15) is 14.4 Å². The van der Waals surface area contributed by atoms with Crippen molar-refractivity contribution in [1.29, 1.82) is 0 Å². The molecule has 0 unspecified atom stereocenters. The van der Waals surface area contributed by atoms with E-state index in [1.54, 1.807) is 36.4 Å². The van der Waals surface area contributed by atoms with Crippen molar-refractivity contribution in [3.63, 3.8) is 0 Å².